The molecule has 0 saturated heterocycles. The number of alkyl halides is 5. The highest BCUT2D eigenvalue weighted by Gasteiger charge is 2.68. The van der Waals surface area contributed by atoms with Gasteiger partial charge >= 0.3 is 6.18 Å². The van der Waals surface area contributed by atoms with Crippen LogP contribution < -0.4 is 16.0 Å². The lowest BCUT2D eigenvalue weighted by atomic mass is 9.93. The van der Waals surface area contributed by atoms with Crippen molar-refractivity contribution in [3.05, 3.63) is 123 Å². The Labute approximate surface area is 326 Å². The monoisotopic (exact) mass is 817 g/mol. The number of hydrogen-bond acceptors (Lipinski definition) is 7. The number of benzene rings is 3. The zero-order valence-electron chi connectivity index (χ0n) is 29.6. The zero-order chi connectivity index (χ0) is 40.4. The van der Waals surface area contributed by atoms with Gasteiger partial charge in [-0.15, -0.1) is 11.3 Å². The maximum atomic E-state index is 15.4. The molecule has 58 heavy (non-hydrogen) atoms. The number of aromatic nitrogens is 4. The first-order chi connectivity index (χ1) is 27.6. The van der Waals surface area contributed by atoms with E-state index in [0.29, 0.717) is 61.4 Å². The fraction of sp³-hybridized carbons (Fsp3) is 0.250. The van der Waals surface area contributed by atoms with Crippen molar-refractivity contribution in [1.82, 2.24) is 35.7 Å². The van der Waals surface area contributed by atoms with Crippen LogP contribution >= 0.6 is 11.3 Å². The molecule has 1 fully saturated rings. The highest BCUT2D eigenvalue weighted by Crippen LogP contribution is 2.68. The Hall–Kier alpha value is -6.17. The van der Waals surface area contributed by atoms with Crippen LogP contribution in [-0.4, -0.2) is 37.5 Å². The number of amides is 3. The van der Waals surface area contributed by atoms with Crippen molar-refractivity contribution in [2.75, 3.05) is 0 Å². The molecule has 1 unspecified atom stereocenters. The summed E-state index contributed by atoms with van der Waals surface area (Å²) < 4.78 is 103. The summed E-state index contributed by atoms with van der Waals surface area (Å²) in [5, 5.41) is 12.2. The van der Waals surface area contributed by atoms with Crippen LogP contribution in [0.15, 0.2) is 60.7 Å². The molecule has 3 amide bonds. The van der Waals surface area contributed by atoms with Crippen LogP contribution in [0.3, 0.4) is 0 Å². The summed E-state index contributed by atoms with van der Waals surface area (Å²) in [4.78, 5) is 48.7. The van der Waals surface area contributed by atoms with E-state index in [1.54, 1.807) is 30.3 Å². The van der Waals surface area contributed by atoms with Gasteiger partial charge in [0.15, 0.2) is 11.3 Å². The van der Waals surface area contributed by atoms with Crippen LogP contribution in [-0.2, 0) is 42.9 Å². The summed E-state index contributed by atoms with van der Waals surface area (Å²) in [6.45, 7) is -0.350. The van der Waals surface area contributed by atoms with Gasteiger partial charge in [-0.2, -0.15) is 27.1 Å². The Morgan fingerprint density at radius 1 is 0.897 bits per heavy atom. The second kappa shape index (κ2) is 12.7. The second-order valence-electron chi connectivity index (χ2n) is 14.8. The number of carbonyl (C=O) groups excluding carboxylic acids is 3. The molecule has 3 N–H and O–H groups in total. The molecule has 0 radical (unpaired) electrons. The molecule has 2 aliphatic carbocycles. The Morgan fingerprint density at radius 3 is 2.22 bits per heavy atom. The van der Waals surface area contributed by atoms with E-state index in [2.05, 4.69) is 21.0 Å². The van der Waals surface area contributed by atoms with Crippen molar-refractivity contribution in [3.63, 3.8) is 0 Å². The van der Waals surface area contributed by atoms with Gasteiger partial charge in [0, 0.05) is 52.9 Å². The van der Waals surface area contributed by atoms with E-state index < -0.39 is 71.0 Å². The van der Waals surface area contributed by atoms with Gasteiger partial charge in [-0.05, 0) is 71.3 Å². The van der Waals surface area contributed by atoms with E-state index in [1.165, 1.54) is 11.3 Å². The summed E-state index contributed by atoms with van der Waals surface area (Å²) >= 11 is 1.25. The maximum absolute atomic E-state index is 15.4. The van der Waals surface area contributed by atoms with Crippen LogP contribution in [0.1, 0.15) is 78.4 Å². The third-order valence-corrected chi connectivity index (χ3v) is 12.1. The Bertz CT molecular complexity index is 2780. The molecule has 18 heteroatoms. The molecule has 3 atom stereocenters. The molecule has 3 aromatic carbocycles. The molecule has 0 bridgehead atoms. The number of carbonyl (C=O) groups is 3. The number of rotatable bonds is 8. The highest BCUT2D eigenvalue weighted by molar-refractivity contribution is 7.21. The van der Waals surface area contributed by atoms with Gasteiger partial charge in [0.25, 0.3) is 17.7 Å². The van der Waals surface area contributed by atoms with Crippen molar-refractivity contribution >= 4 is 39.4 Å². The smallest absolute Gasteiger partial charge is 0.348 e. The third kappa shape index (κ3) is 5.91. The summed E-state index contributed by atoms with van der Waals surface area (Å²) in [6, 6.07) is 13.6. The summed E-state index contributed by atoms with van der Waals surface area (Å²) in [6.07, 6.45) is -5.50. The Morgan fingerprint density at radius 2 is 1.55 bits per heavy atom. The van der Waals surface area contributed by atoms with Crippen molar-refractivity contribution in [2.45, 2.75) is 56.5 Å². The summed E-state index contributed by atoms with van der Waals surface area (Å²) in [7, 11) is 0. The number of pyridine rings is 1. The fourth-order valence-corrected chi connectivity index (χ4v) is 9.32. The van der Waals surface area contributed by atoms with E-state index in [0.717, 1.165) is 23.3 Å². The number of nitrogens with one attached hydrogen (secondary N) is 3. The molecule has 10 nitrogen and oxygen atoms in total. The van der Waals surface area contributed by atoms with Gasteiger partial charge in [-0.25, -0.2) is 18.7 Å². The Kier molecular flexibility index (Phi) is 7.90. The number of fused-ring (bicyclic) bond motifs is 6. The molecule has 2 aliphatic heterocycles. The quantitative estimate of drug-likeness (QED) is 0.138. The minimum Gasteiger partial charge on any atom is -0.348 e. The van der Waals surface area contributed by atoms with Crippen molar-refractivity contribution in [1.29, 1.82) is 0 Å². The number of hydrogen-bond donors (Lipinski definition) is 3. The standard InChI is InChI=1S/C40H26F7N7O3S/c41-21-5-16(6-22(42)10-21)7-28(50-30(55)15-54-34-31(33(53-54)40(45,46)47)26-11-27(26)39(34,43)44)32-23(17-1-3-19-13-48-36(56)24(19)8-17)12-29-35(51-32)52-38(58-29)18-2-4-20-14-49-37(57)25(20)9-18/h1-6,8-10,12,26-28H,7,11,13-15H2,(H,48,56)(H,49,57)(H,50,55)/t26-,27?,28-/m0/s1. The SMILES string of the molecule is O=C(Cn1nc(C(F)(F)F)c2c1C(F)(F)C1C[C@H]21)N[C@@H](Cc1cc(F)cc(F)c1)c1nc2nc(-c3ccc4c(c3)C(=O)NC4)sc2cc1-c1ccc2c(c1)C(=O)NC2. The second-order valence-corrected chi connectivity index (χ2v) is 15.8. The zero-order valence-corrected chi connectivity index (χ0v) is 30.4. The Balaban J connectivity index is 1.10. The van der Waals surface area contributed by atoms with Gasteiger partial charge in [0.2, 0.25) is 5.91 Å². The van der Waals surface area contributed by atoms with Crippen LogP contribution in [0.2, 0.25) is 0 Å². The summed E-state index contributed by atoms with van der Waals surface area (Å²) in [5.74, 6) is -9.44. The van der Waals surface area contributed by atoms with Crippen LogP contribution in [0.4, 0.5) is 30.7 Å². The first-order valence-electron chi connectivity index (χ1n) is 18.1. The number of thiazole rings is 1. The minimum absolute atomic E-state index is 0.0605. The molecule has 10 rings (SSSR count). The third-order valence-electron chi connectivity index (χ3n) is 11.1. The molecule has 0 spiro atoms. The average molecular weight is 818 g/mol. The lowest BCUT2D eigenvalue weighted by molar-refractivity contribution is -0.142. The van der Waals surface area contributed by atoms with Gasteiger partial charge in [0.05, 0.1) is 16.4 Å². The molecule has 294 valence electrons. The first-order valence-corrected chi connectivity index (χ1v) is 18.9. The van der Waals surface area contributed by atoms with E-state index in [4.69, 9.17) is 9.97 Å². The van der Waals surface area contributed by atoms with Crippen LogP contribution in [0.5, 0.6) is 0 Å². The van der Waals surface area contributed by atoms with E-state index >= 15 is 8.78 Å². The topological polar surface area (TPSA) is 131 Å². The van der Waals surface area contributed by atoms with Gasteiger partial charge in [-0.1, -0.05) is 24.3 Å². The number of nitrogens with zero attached hydrogens (tertiary/aromatic N) is 4. The largest absolute Gasteiger partial charge is 0.435 e. The molecule has 3 aromatic heterocycles. The van der Waals surface area contributed by atoms with Gasteiger partial charge in [-0.3, -0.25) is 19.1 Å². The predicted molar refractivity (Wildman–Crippen MR) is 194 cm³/mol. The molecule has 1 saturated carbocycles. The molecular formula is C40H26F7N7O3S. The van der Waals surface area contributed by atoms with Gasteiger partial charge in [0.1, 0.15) is 28.9 Å². The average Bonchev–Trinajstić information content (AvgIpc) is 3.45. The van der Waals surface area contributed by atoms with Gasteiger partial charge < -0.3 is 16.0 Å². The normalized spacial score (nSPS) is 19.0. The lowest BCUT2D eigenvalue weighted by Crippen LogP contribution is -2.35. The fourth-order valence-electron chi connectivity index (χ4n) is 8.37. The first kappa shape index (κ1) is 36.2. The highest BCUT2D eigenvalue weighted by atomic mass is 32.1. The van der Waals surface area contributed by atoms with Crippen LogP contribution in [0, 0.1) is 17.6 Å². The van der Waals surface area contributed by atoms with Crippen LogP contribution in [0.25, 0.3) is 32.0 Å². The minimum atomic E-state index is -5.05. The van der Waals surface area contributed by atoms with E-state index in [-0.39, 0.29) is 41.6 Å². The number of halogens is 7. The van der Waals surface area contributed by atoms with Crippen molar-refractivity contribution in [2.24, 2.45) is 5.92 Å². The molecule has 4 aliphatic rings. The maximum Gasteiger partial charge on any atom is 0.435 e. The lowest BCUT2D eigenvalue weighted by Gasteiger charge is -2.23. The van der Waals surface area contributed by atoms with E-state index in [9.17, 15) is 36.3 Å². The van der Waals surface area contributed by atoms with Crippen molar-refractivity contribution in [3.8, 4) is 21.7 Å². The summed E-state index contributed by atoms with van der Waals surface area (Å²) in [5.41, 5.74) is 1.18. The molecule has 5 heterocycles. The molecular weight excluding hydrogens is 792 g/mol. The molecule has 6 aromatic rings. The predicted octanol–water partition coefficient (Wildman–Crippen LogP) is 7.31. The van der Waals surface area contributed by atoms with E-state index in [1.807, 2.05) is 12.1 Å². The van der Waals surface area contributed by atoms with Crippen molar-refractivity contribution < 1.29 is 45.1 Å².